The van der Waals surface area contributed by atoms with Gasteiger partial charge in [-0.3, -0.25) is 24.5 Å². The Bertz CT molecular complexity index is 984. The molecule has 0 saturated carbocycles. The Balaban J connectivity index is 1.99. The summed E-state index contributed by atoms with van der Waals surface area (Å²) in [5, 5.41) is 4.80. The normalized spacial score (nSPS) is 13.3. The molecule has 142 valence electrons. The van der Waals surface area contributed by atoms with Gasteiger partial charge in [-0.2, -0.15) is 0 Å². The quantitative estimate of drug-likeness (QED) is 0.428. The first-order valence-electron chi connectivity index (χ1n) is 8.40. The monoisotopic (exact) mass is 380 g/mol. The van der Waals surface area contributed by atoms with Gasteiger partial charge in [0.25, 0.3) is 17.7 Å². The average molecular weight is 380 g/mol. The second-order valence-corrected chi connectivity index (χ2v) is 6.13. The number of ether oxygens (including phenoxy) is 1. The minimum atomic E-state index is -1.05. The van der Waals surface area contributed by atoms with Gasteiger partial charge in [0.15, 0.2) is 0 Å². The van der Waals surface area contributed by atoms with E-state index in [-0.39, 0.29) is 29.0 Å². The van der Waals surface area contributed by atoms with Gasteiger partial charge in [-0.1, -0.05) is 18.2 Å². The number of nitrogens with one attached hydrogen (secondary N) is 2. The lowest BCUT2D eigenvalue weighted by molar-refractivity contribution is -0.126. The van der Waals surface area contributed by atoms with Crippen LogP contribution in [0.4, 0.5) is 5.69 Å². The maximum Gasteiger partial charge on any atom is 0.262 e. The lowest BCUT2D eigenvalue weighted by atomic mass is 10.0. The molecule has 2 N–H and O–H groups in total. The smallest absolute Gasteiger partial charge is 0.262 e. The zero-order valence-corrected chi connectivity index (χ0v) is 14.9. The predicted molar refractivity (Wildman–Crippen MR) is 98.4 cm³/mol. The highest BCUT2D eigenvalue weighted by Crippen LogP contribution is 2.31. The first-order valence-corrected chi connectivity index (χ1v) is 8.40. The van der Waals surface area contributed by atoms with Gasteiger partial charge in [-0.15, -0.1) is 0 Å². The number of hydrogen-bond donors (Lipinski definition) is 2. The van der Waals surface area contributed by atoms with E-state index < -0.39 is 29.4 Å². The number of aldehydes is 1. The number of carbonyl (C=O) groups is 5. The number of anilines is 1. The molecule has 2 aromatic carbocycles. The van der Waals surface area contributed by atoms with Crippen molar-refractivity contribution in [2.45, 2.75) is 6.92 Å². The highest BCUT2D eigenvalue weighted by molar-refractivity contribution is 6.24. The first-order chi connectivity index (χ1) is 13.4. The molecular weight excluding hydrogens is 364 g/mol. The summed E-state index contributed by atoms with van der Waals surface area (Å²) in [5.41, 5.74) is 0.482. The standard InChI is InChI=1S/C20H16N2O6/c1-11(24)12(9-23)10-28-17-15(19(26)21-13-5-3-2-4-6-13)8-7-14-16(17)20(27)22-18(14)25/h2-9,12H,10H2,1H3,(H,21,26)(H,22,25,27). The molecule has 28 heavy (non-hydrogen) atoms. The molecule has 1 atom stereocenters. The summed E-state index contributed by atoms with van der Waals surface area (Å²) in [4.78, 5) is 59.4. The fourth-order valence-corrected chi connectivity index (χ4v) is 2.70. The van der Waals surface area contributed by atoms with E-state index in [1.165, 1.54) is 19.1 Å². The summed E-state index contributed by atoms with van der Waals surface area (Å²) in [7, 11) is 0. The van der Waals surface area contributed by atoms with Crippen LogP contribution in [0.1, 0.15) is 38.0 Å². The lowest BCUT2D eigenvalue weighted by Gasteiger charge is -2.16. The van der Waals surface area contributed by atoms with Gasteiger partial charge in [0.1, 0.15) is 30.3 Å². The number of Topliss-reactive ketones (excluding diaryl/α,β-unsaturated/α-hetero) is 1. The topological polar surface area (TPSA) is 119 Å². The van der Waals surface area contributed by atoms with Crippen molar-refractivity contribution < 1.29 is 28.7 Å². The van der Waals surface area contributed by atoms with Crippen molar-refractivity contribution in [2.24, 2.45) is 5.92 Å². The number of rotatable bonds is 7. The van der Waals surface area contributed by atoms with Crippen LogP contribution in [-0.4, -0.2) is 36.4 Å². The van der Waals surface area contributed by atoms with E-state index in [0.29, 0.717) is 12.0 Å². The van der Waals surface area contributed by atoms with Gasteiger partial charge in [0, 0.05) is 5.69 Å². The summed E-state index contributed by atoms with van der Waals surface area (Å²) < 4.78 is 5.55. The van der Waals surface area contributed by atoms with E-state index >= 15 is 0 Å². The van der Waals surface area contributed by atoms with Crippen LogP contribution in [0.5, 0.6) is 5.75 Å². The van der Waals surface area contributed by atoms with E-state index in [9.17, 15) is 24.0 Å². The van der Waals surface area contributed by atoms with Gasteiger partial charge in [0.2, 0.25) is 0 Å². The Morgan fingerprint density at radius 1 is 1.11 bits per heavy atom. The minimum absolute atomic E-state index is 0.000606. The van der Waals surface area contributed by atoms with Gasteiger partial charge < -0.3 is 14.8 Å². The third-order valence-electron chi connectivity index (χ3n) is 4.23. The van der Waals surface area contributed by atoms with Crippen LogP contribution in [0.25, 0.3) is 0 Å². The van der Waals surface area contributed by atoms with E-state index in [1.807, 2.05) is 0 Å². The molecule has 1 aliphatic rings. The van der Waals surface area contributed by atoms with Crippen molar-refractivity contribution in [1.82, 2.24) is 5.32 Å². The number of amides is 3. The molecule has 1 aliphatic heterocycles. The fourth-order valence-electron chi connectivity index (χ4n) is 2.70. The molecule has 0 spiro atoms. The molecule has 0 fully saturated rings. The third-order valence-corrected chi connectivity index (χ3v) is 4.23. The van der Waals surface area contributed by atoms with Crippen LogP contribution in [0.15, 0.2) is 42.5 Å². The summed E-state index contributed by atoms with van der Waals surface area (Å²) in [6, 6.07) is 11.3. The highest BCUT2D eigenvalue weighted by atomic mass is 16.5. The van der Waals surface area contributed by atoms with Crippen molar-refractivity contribution in [1.29, 1.82) is 0 Å². The number of imide groups is 1. The number of carbonyl (C=O) groups excluding carboxylic acids is 5. The van der Waals surface area contributed by atoms with E-state index in [0.717, 1.165) is 0 Å². The van der Waals surface area contributed by atoms with Crippen molar-refractivity contribution in [3.8, 4) is 5.75 Å². The van der Waals surface area contributed by atoms with E-state index in [2.05, 4.69) is 10.6 Å². The Morgan fingerprint density at radius 3 is 2.46 bits per heavy atom. The molecule has 0 saturated heterocycles. The zero-order valence-electron chi connectivity index (χ0n) is 14.9. The summed E-state index contributed by atoms with van der Waals surface area (Å²) in [5.74, 6) is -3.52. The van der Waals surface area contributed by atoms with Crippen LogP contribution in [0.3, 0.4) is 0 Å². The molecule has 3 amide bonds. The summed E-state index contributed by atoms with van der Waals surface area (Å²) >= 11 is 0. The Kier molecular flexibility index (Phi) is 5.30. The number of hydrogen-bond acceptors (Lipinski definition) is 6. The van der Waals surface area contributed by atoms with Crippen molar-refractivity contribution in [2.75, 3.05) is 11.9 Å². The molecule has 0 aromatic heterocycles. The Morgan fingerprint density at radius 2 is 1.82 bits per heavy atom. The van der Waals surface area contributed by atoms with Crippen LogP contribution < -0.4 is 15.4 Å². The molecule has 1 heterocycles. The largest absolute Gasteiger partial charge is 0.491 e. The van der Waals surface area contributed by atoms with Crippen molar-refractivity contribution in [3.05, 3.63) is 59.2 Å². The maximum absolute atomic E-state index is 12.7. The molecular formula is C20H16N2O6. The second kappa shape index (κ2) is 7.83. The van der Waals surface area contributed by atoms with Crippen LogP contribution in [-0.2, 0) is 9.59 Å². The number of fused-ring (bicyclic) bond motifs is 1. The molecule has 1 unspecified atom stereocenters. The third kappa shape index (κ3) is 3.66. The SMILES string of the molecule is CC(=O)C(C=O)COc1c(C(=O)Nc2ccccc2)ccc2c1C(=O)NC2=O. The van der Waals surface area contributed by atoms with Gasteiger partial charge in [0.05, 0.1) is 16.7 Å². The molecule has 3 rings (SSSR count). The average Bonchev–Trinajstić information content (AvgIpc) is 2.97. The fraction of sp³-hybridized carbons (Fsp3) is 0.150. The van der Waals surface area contributed by atoms with Crippen molar-refractivity contribution in [3.63, 3.8) is 0 Å². The van der Waals surface area contributed by atoms with Gasteiger partial charge in [-0.25, -0.2) is 0 Å². The van der Waals surface area contributed by atoms with Crippen LogP contribution >= 0.6 is 0 Å². The van der Waals surface area contributed by atoms with Crippen LogP contribution in [0.2, 0.25) is 0 Å². The first kappa shape index (κ1) is 19.0. The maximum atomic E-state index is 12.7. The molecule has 8 heteroatoms. The minimum Gasteiger partial charge on any atom is -0.491 e. The highest BCUT2D eigenvalue weighted by Gasteiger charge is 2.34. The van der Waals surface area contributed by atoms with Gasteiger partial charge >= 0.3 is 0 Å². The zero-order chi connectivity index (χ0) is 20.3. The Labute approximate surface area is 159 Å². The molecule has 8 nitrogen and oxygen atoms in total. The molecule has 0 bridgehead atoms. The van der Waals surface area contributed by atoms with E-state index in [1.54, 1.807) is 30.3 Å². The number of para-hydroxylation sites is 1. The molecule has 2 aromatic rings. The van der Waals surface area contributed by atoms with Crippen molar-refractivity contribution >= 4 is 35.5 Å². The van der Waals surface area contributed by atoms with E-state index in [4.69, 9.17) is 4.74 Å². The molecule has 0 aliphatic carbocycles. The van der Waals surface area contributed by atoms with Crippen LogP contribution in [0, 0.1) is 5.92 Å². The summed E-state index contributed by atoms with van der Waals surface area (Å²) in [6.45, 7) is 0.874. The Hall–Kier alpha value is -3.81. The lowest BCUT2D eigenvalue weighted by Crippen LogP contribution is -2.24. The summed E-state index contributed by atoms with van der Waals surface area (Å²) in [6.07, 6.45) is 0.431. The second-order valence-electron chi connectivity index (χ2n) is 6.13. The molecule has 0 radical (unpaired) electrons. The predicted octanol–water partition coefficient (Wildman–Crippen LogP) is 1.61. The number of ketones is 1. The van der Waals surface area contributed by atoms with Gasteiger partial charge in [-0.05, 0) is 31.2 Å². The number of benzene rings is 2.